The summed E-state index contributed by atoms with van der Waals surface area (Å²) in [7, 11) is 0. The molecule has 0 saturated carbocycles. The van der Waals surface area contributed by atoms with Gasteiger partial charge in [0.1, 0.15) is 0 Å². The zero-order valence-corrected chi connectivity index (χ0v) is 9.69. The molecule has 0 radical (unpaired) electrons. The highest BCUT2D eigenvalue weighted by Crippen LogP contribution is 2.12. The fourth-order valence-electron chi connectivity index (χ4n) is 2.03. The molecule has 2 rings (SSSR count). The first-order valence-electron chi connectivity index (χ1n) is 5.93. The number of rotatable bonds is 5. The Hall–Kier alpha value is -1.46. The molecule has 2 N–H and O–H groups in total. The molecule has 1 aromatic rings. The second-order valence-corrected chi connectivity index (χ2v) is 4.32. The summed E-state index contributed by atoms with van der Waals surface area (Å²) in [6, 6.07) is 7.35. The molecule has 92 valence electrons. The van der Waals surface area contributed by atoms with Gasteiger partial charge < -0.3 is 10.6 Å². The number of benzene rings is 1. The van der Waals surface area contributed by atoms with Crippen molar-refractivity contribution in [1.29, 1.82) is 0 Å². The number of nitrogens with one attached hydrogen (secondary N) is 2. The van der Waals surface area contributed by atoms with Gasteiger partial charge in [0.15, 0.2) is 0 Å². The topological polar surface area (TPSA) is 67.2 Å². The van der Waals surface area contributed by atoms with Gasteiger partial charge in [0.05, 0.1) is 4.92 Å². The van der Waals surface area contributed by atoms with Crippen molar-refractivity contribution in [3.8, 4) is 0 Å². The molecule has 1 unspecified atom stereocenters. The average molecular weight is 235 g/mol. The number of nitro benzene ring substituents is 1. The van der Waals surface area contributed by atoms with Crippen molar-refractivity contribution in [1.82, 2.24) is 10.6 Å². The van der Waals surface area contributed by atoms with E-state index in [0.29, 0.717) is 6.04 Å². The summed E-state index contributed by atoms with van der Waals surface area (Å²) in [5.41, 5.74) is 1.29. The summed E-state index contributed by atoms with van der Waals surface area (Å²) in [6.45, 7) is 3.06. The number of nitro groups is 1. The van der Waals surface area contributed by atoms with E-state index < -0.39 is 0 Å². The largest absolute Gasteiger partial charge is 0.315 e. The van der Waals surface area contributed by atoms with Crippen LogP contribution >= 0.6 is 0 Å². The monoisotopic (exact) mass is 235 g/mol. The van der Waals surface area contributed by atoms with Gasteiger partial charge >= 0.3 is 0 Å². The highest BCUT2D eigenvalue weighted by atomic mass is 16.6. The standard InChI is InChI=1S/C12H17N3O2/c16-15(17)12-3-1-10(2-4-12)5-8-14-11-6-7-13-9-11/h1-4,11,13-14H,5-9H2. The lowest BCUT2D eigenvalue weighted by Crippen LogP contribution is -2.32. The van der Waals surface area contributed by atoms with Gasteiger partial charge in [-0.15, -0.1) is 0 Å². The quantitative estimate of drug-likeness (QED) is 0.592. The summed E-state index contributed by atoms with van der Waals surface area (Å²) in [5.74, 6) is 0. The molecule has 1 aliphatic rings. The van der Waals surface area contributed by atoms with Crippen LogP contribution in [0.1, 0.15) is 12.0 Å². The maximum atomic E-state index is 10.5. The molecule has 5 heteroatoms. The van der Waals surface area contributed by atoms with Gasteiger partial charge in [0, 0.05) is 24.7 Å². The smallest absolute Gasteiger partial charge is 0.269 e. The normalized spacial score (nSPS) is 19.4. The maximum absolute atomic E-state index is 10.5. The summed E-state index contributed by atoms with van der Waals surface area (Å²) >= 11 is 0. The van der Waals surface area contributed by atoms with Gasteiger partial charge in [-0.2, -0.15) is 0 Å². The van der Waals surface area contributed by atoms with Gasteiger partial charge in [-0.25, -0.2) is 0 Å². The van der Waals surface area contributed by atoms with Gasteiger partial charge in [-0.1, -0.05) is 12.1 Å². The van der Waals surface area contributed by atoms with E-state index in [4.69, 9.17) is 0 Å². The van der Waals surface area contributed by atoms with E-state index in [-0.39, 0.29) is 10.6 Å². The Morgan fingerprint density at radius 1 is 1.41 bits per heavy atom. The van der Waals surface area contributed by atoms with Crippen molar-refractivity contribution in [2.45, 2.75) is 18.9 Å². The minimum absolute atomic E-state index is 0.154. The Kier molecular flexibility index (Phi) is 4.06. The first kappa shape index (κ1) is 12.0. The summed E-state index contributed by atoms with van der Waals surface area (Å²) in [4.78, 5) is 10.1. The second-order valence-electron chi connectivity index (χ2n) is 4.32. The molecule has 1 atom stereocenters. The van der Waals surface area contributed by atoms with Crippen LogP contribution in [0.25, 0.3) is 0 Å². The zero-order valence-electron chi connectivity index (χ0n) is 9.69. The molecule has 17 heavy (non-hydrogen) atoms. The Morgan fingerprint density at radius 2 is 2.18 bits per heavy atom. The third-order valence-corrected chi connectivity index (χ3v) is 3.05. The average Bonchev–Trinajstić information content (AvgIpc) is 2.83. The van der Waals surface area contributed by atoms with Gasteiger partial charge in [0.2, 0.25) is 0 Å². The van der Waals surface area contributed by atoms with E-state index in [1.54, 1.807) is 12.1 Å². The van der Waals surface area contributed by atoms with Crippen LogP contribution < -0.4 is 10.6 Å². The van der Waals surface area contributed by atoms with E-state index in [9.17, 15) is 10.1 Å². The van der Waals surface area contributed by atoms with E-state index in [1.807, 2.05) is 12.1 Å². The first-order valence-corrected chi connectivity index (χ1v) is 5.93. The molecular formula is C12H17N3O2. The van der Waals surface area contributed by atoms with Crippen LogP contribution in [-0.2, 0) is 6.42 Å². The SMILES string of the molecule is O=[N+]([O-])c1ccc(CCNC2CCNC2)cc1. The van der Waals surface area contributed by atoms with Crippen molar-refractivity contribution in [2.75, 3.05) is 19.6 Å². The van der Waals surface area contributed by atoms with Crippen LogP contribution in [0, 0.1) is 10.1 Å². The van der Waals surface area contributed by atoms with E-state index in [2.05, 4.69) is 10.6 Å². The van der Waals surface area contributed by atoms with Gasteiger partial charge in [-0.05, 0) is 31.5 Å². The number of non-ortho nitro benzene ring substituents is 1. The Labute approximate surface area is 100 Å². The van der Waals surface area contributed by atoms with Crippen LogP contribution in [0.3, 0.4) is 0 Å². The number of hydrogen-bond acceptors (Lipinski definition) is 4. The fraction of sp³-hybridized carbons (Fsp3) is 0.500. The Morgan fingerprint density at radius 3 is 2.76 bits per heavy atom. The van der Waals surface area contributed by atoms with Crippen LogP contribution in [0.2, 0.25) is 0 Å². The third kappa shape index (κ3) is 3.51. The minimum Gasteiger partial charge on any atom is -0.315 e. The molecule has 5 nitrogen and oxygen atoms in total. The van der Waals surface area contributed by atoms with Gasteiger partial charge in [-0.3, -0.25) is 10.1 Å². The molecule has 1 fully saturated rings. The number of nitrogens with zero attached hydrogens (tertiary/aromatic N) is 1. The molecule has 0 spiro atoms. The summed E-state index contributed by atoms with van der Waals surface area (Å²) < 4.78 is 0. The van der Waals surface area contributed by atoms with Crippen LogP contribution in [0.4, 0.5) is 5.69 Å². The van der Waals surface area contributed by atoms with Crippen LogP contribution in [0.5, 0.6) is 0 Å². The Balaban J connectivity index is 1.76. The molecule has 0 aromatic heterocycles. The maximum Gasteiger partial charge on any atom is 0.269 e. The molecule has 0 bridgehead atoms. The lowest BCUT2D eigenvalue weighted by atomic mass is 10.1. The second kappa shape index (κ2) is 5.75. The zero-order chi connectivity index (χ0) is 12.1. The molecule has 0 amide bonds. The summed E-state index contributed by atoms with van der Waals surface area (Å²) in [5, 5.41) is 17.3. The van der Waals surface area contributed by atoms with Crippen molar-refractivity contribution >= 4 is 5.69 Å². The lowest BCUT2D eigenvalue weighted by Gasteiger charge is -2.10. The van der Waals surface area contributed by atoms with Crippen molar-refractivity contribution < 1.29 is 4.92 Å². The fourth-order valence-corrected chi connectivity index (χ4v) is 2.03. The molecule has 1 saturated heterocycles. The van der Waals surface area contributed by atoms with Crippen LogP contribution in [0.15, 0.2) is 24.3 Å². The number of hydrogen-bond donors (Lipinski definition) is 2. The van der Waals surface area contributed by atoms with Crippen LogP contribution in [-0.4, -0.2) is 30.6 Å². The van der Waals surface area contributed by atoms with Crippen molar-refractivity contribution in [2.24, 2.45) is 0 Å². The van der Waals surface area contributed by atoms with E-state index in [1.165, 1.54) is 6.42 Å². The molecule has 1 aromatic carbocycles. The lowest BCUT2D eigenvalue weighted by molar-refractivity contribution is -0.384. The molecule has 1 heterocycles. The van der Waals surface area contributed by atoms with E-state index >= 15 is 0 Å². The first-order chi connectivity index (χ1) is 8.25. The predicted octanol–water partition coefficient (Wildman–Crippen LogP) is 1.09. The van der Waals surface area contributed by atoms with E-state index in [0.717, 1.165) is 31.6 Å². The molecule has 1 aliphatic heterocycles. The highest BCUT2D eigenvalue weighted by Gasteiger charge is 2.12. The summed E-state index contributed by atoms with van der Waals surface area (Å²) in [6.07, 6.45) is 2.09. The predicted molar refractivity (Wildman–Crippen MR) is 66.1 cm³/mol. The van der Waals surface area contributed by atoms with Crippen molar-refractivity contribution in [3.05, 3.63) is 39.9 Å². The minimum atomic E-state index is -0.369. The third-order valence-electron chi connectivity index (χ3n) is 3.05. The highest BCUT2D eigenvalue weighted by molar-refractivity contribution is 5.32. The van der Waals surface area contributed by atoms with Crippen molar-refractivity contribution in [3.63, 3.8) is 0 Å². The Bertz CT molecular complexity index is 372. The molecule has 0 aliphatic carbocycles. The van der Waals surface area contributed by atoms with Gasteiger partial charge in [0.25, 0.3) is 5.69 Å². The molecular weight excluding hydrogens is 218 g/mol.